The largest absolute Gasteiger partial charge is 0.436 e. The lowest BCUT2D eigenvalue weighted by atomic mass is 10.2. The number of benzene rings is 1. The van der Waals surface area contributed by atoms with Crippen LogP contribution in [0.15, 0.2) is 12.1 Å². The van der Waals surface area contributed by atoms with Crippen molar-refractivity contribution >= 4 is 11.6 Å². The molecule has 0 aliphatic carbocycles. The summed E-state index contributed by atoms with van der Waals surface area (Å²) >= 11 is 5.55. The average Bonchev–Trinajstić information content (AvgIpc) is 2.72. The maximum atomic E-state index is 13.1. The number of hydrogen-bond acceptors (Lipinski definition) is 2. The molecule has 2 rings (SSSR count). The fourth-order valence-corrected chi connectivity index (χ4v) is 1.80. The number of alkyl halides is 3. The van der Waals surface area contributed by atoms with Crippen molar-refractivity contribution in [2.24, 2.45) is 0 Å². The van der Waals surface area contributed by atoms with Gasteiger partial charge in [0.25, 0.3) is 0 Å². The maximum absolute atomic E-state index is 13.1. The number of rotatable bonds is 1. The van der Waals surface area contributed by atoms with E-state index >= 15 is 0 Å². The predicted octanol–water partition coefficient (Wildman–Crippen LogP) is 3.83. The van der Waals surface area contributed by atoms with Crippen molar-refractivity contribution in [3.05, 3.63) is 46.0 Å². The highest BCUT2D eigenvalue weighted by molar-refractivity contribution is 6.31. The molecule has 0 amide bonds. The molecule has 0 radical (unpaired) electrons. The monoisotopic (exact) mass is 325 g/mol. The second-order valence-corrected chi connectivity index (χ2v) is 4.12. The van der Waals surface area contributed by atoms with Gasteiger partial charge in [-0.2, -0.15) is 23.5 Å². The van der Waals surface area contributed by atoms with Crippen molar-refractivity contribution in [1.82, 2.24) is 9.78 Å². The number of aromatic nitrogens is 2. The highest BCUT2D eigenvalue weighted by Gasteiger charge is 2.39. The van der Waals surface area contributed by atoms with Crippen molar-refractivity contribution in [3.63, 3.8) is 0 Å². The summed E-state index contributed by atoms with van der Waals surface area (Å²) in [5.41, 5.74) is -3.21. The molecule has 0 atom stereocenters. The van der Waals surface area contributed by atoms with E-state index in [9.17, 15) is 26.3 Å². The van der Waals surface area contributed by atoms with Crippen LogP contribution in [0, 0.1) is 28.8 Å². The smallest absolute Gasteiger partial charge is 0.220 e. The van der Waals surface area contributed by atoms with Gasteiger partial charge in [0.15, 0.2) is 28.3 Å². The minimum Gasteiger partial charge on any atom is -0.220 e. The second-order valence-electron chi connectivity index (χ2n) is 3.76. The molecule has 1 heterocycles. The summed E-state index contributed by atoms with van der Waals surface area (Å²) in [6.45, 7) is 0. The number of nitriles is 1. The second kappa shape index (κ2) is 4.96. The van der Waals surface area contributed by atoms with Crippen LogP contribution in [0.4, 0.5) is 26.3 Å². The van der Waals surface area contributed by atoms with Crippen LogP contribution in [-0.2, 0) is 6.18 Å². The molecule has 110 valence electrons. The van der Waals surface area contributed by atoms with E-state index in [-0.39, 0.29) is 0 Å². The van der Waals surface area contributed by atoms with Crippen molar-refractivity contribution in [1.29, 1.82) is 5.26 Å². The van der Waals surface area contributed by atoms with Gasteiger partial charge in [0.2, 0.25) is 0 Å². The van der Waals surface area contributed by atoms with Crippen molar-refractivity contribution in [2.45, 2.75) is 6.18 Å². The minimum absolute atomic E-state index is 0.300. The Bertz CT molecular complexity index is 736. The first-order chi connectivity index (χ1) is 9.66. The average molecular weight is 326 g/mol. The summed E-state index contributed by atoms with van der Waals surface area (Å²) in [6, 6.07) is 2.01. The van der Waals surface area contributed by atoms with Crippen LogP contribution in [0.1, 0.15) is 11.3 Å². The van der Waals surface area contributed by atoms with Crippen molar-refractivity contribution in [3.8, 4) is 11.8 Å². The molecule has 1 aromatic carbocycles. The molecule has 0 saturated carbocycles. The quantitative estimate of drug-likeness (QED) is 0.590. The van der Waals surface area contributed by atoms with Gasteiger partial charge in [-0.25, -0.2) is 17.9 Å². The Morgan fingerprint density at radius 2 is 1.67 bits per heavy atom. The van der Waals surface area contributed by atoms with Gasteiger partial charge in [-0.1, -0.05) is 11.6 Å². The minimum atomic E-state index is -4.99. The zero-order valence-electron chi connectivity index (χ0n) is 9.64. The van der Waals surface area contributed by atoms with Crippen LogP contribution in [-0.4, -0.2) is 9.78 Å². The van der Waals surface area contributed by atoms with E-state index in [1.165, 1.54) is 6.07 Å². The molecule has 0 aliphatic heterocycles. The highest BCUT2D eigenvalue weighted by Crippen LogP contribution is 2.35. The van der Waals surface area contributed by atoms with Crippen LogP contribution in [0.5, 0.6) is 0 Å². The summed E-state index contributed by atoms with van der Waals surface area (Å²) in [6.07, 6.45) is -4.99. The Labute approximate surface area is 118 Å². The molecule has 3 nitrogen and oxygen atoms in total. The molecule has 0 N–H and O–H groups in total. The van der Waals surface area contributed by atoms with E-state index in [2.05, 4.69) is 5.10 Å². The molecule has 0 saturated heterocycles. The zero-order chi connectivity index (χ0) is 15.9. The van der Waals surface area contributed by atoms with E-state index in [4.69, 9.17) is 16.9 Å². The normalized spacial score (nSPS) is 11.5. The summed E-state index contributed by atoms with van der Waals surface area (Å²) in [5, 5.41) is 10.9. The van der Waals surface area contributed by atoms with Gasteiger partial charge in [0.1, 0.15) is 11.6 Å². The van der Waals surface area contributed by atoms with Crippen LogP contribution in [0.2, 0.25) is 5.15 Å². The molecular weight excluding hydrogens is 324 g/mol. The lowest BCUT2D eigenvalue weighted by molar-refractivity contribution is -0.141. The Hall–Kier alpha value is -2.21. The first kappa shape index (κ1) is 15.2. The first-order valence-corrected chi connectivity index (χ1v) is 5.45. The van der Waals surface area contributed by atoms with Gasteiger partial charge < -0.3 is 0 Å². The molecule has 0 unspecified atom stereocenters. The molecule has 1 aromatic heterocycles. The van der Waals surface area contributed by atoms with E-state index in [1.54, 1.807) is 0 Å². The Morgan fingerprint density at radius 1 is 1.14 bits per heavy atom. The van der Waals surface area contributed by atoms with Gasteiger partial charge in [0.05, 0.1) is 5.69 Å². The molecule has 0 spiro atoms. The van der Waals surface area contributed by atoms with E-state index in [0.717, 1.165) is 0 Å². The van der Waals surface area contributed by atoms with E-state index in [0.29, 0.717) is 16.8 Å². The summed E-state index contributed by atoms with van der Waals surface area (Å²) in [5.74, 6) is -5.06. The van der Waals surface area contributed by atoms with Crippen LogP contribution in [0.3, 0.4) is 0 Å². The topological polar surface area (TPSA) is 41.6 Å². The molecule has 10 heteroatoms. The fourth-order valence-electron chi connectivity index (χ4n) is 1.53. The first-order valence-electron chi connectivity index (χ1n) is 5.07. The molecule has 0 bridgehead atoms. The Kier molecular flexibility index (Phi) is 3.59. The molecular formula is C11H2ClF6N3. The van der Waals surface area contributed by atoms with Crippen LogP contribution >= 0.6 is 11.6 Å². The molecule has 21 heavy (non-hydrogen) atoms. The van der Waals surface area contributed by atoms with Crippen LogP contribution < -0.4 is 0 Å². The van der Waals surface area contributed by atoms with Gasteiger partial charge >= 0.3 is 6.18 Å². The standard InChI is InChI=1S/C11H2ClF6N3/c12-10-5(3-19)9(11(16,17)18)20-21(10)4-1-6(13)8(15)7(14)2-4/h1-2H. The lowest BCUT2D eigenvalue weighted by Gasteiger charge is -2.05. The molecule has 2 aromatic rings. The van der Waals surface area contributed by atoms with Gasteiger partial charge in [-0.05, 0) is 0 Å². The van der Waals surface area contributed by atoms with Gasteiger partial charge in [0, 0.05) is 12.1 Å². The van der Waals surface area contributed by atoms with E-state index < -0.39 is 45.7 Å². The molecule has 0 fully saturated rings. The zero-order valence-corrected chi connectivity index (χ0v) is 10.4. The summed E-state index contributed by atoms with van der Waals surface area (Å²) in [7, 11) is 0. The third-order valence-electron chi connectivity index (χ3n) is 2.42. The number of halogens is 7. The highest BCUT2D eigenvalue weighted by atomic mass is 35.5. The summed E-state index contributed by atoms with van der Waals surface area (Å²) < 4.78 is 77.3. The third-order valence-corrected chi connectivity index (χ3v) is 2.77. The Balaban J connectivity index is 2.72. The van der Waals surface area contributed by atoms with Crippen molar-refractivity contribution in [2.75, 3.05) is 0 Å². The number of nitrogens with zero attached hydrogens (tertiary/aromatic N) is 3. The van der Waals surface area contributed by atoms with E-state index in [1.807, 2.05) is 0 Å². The third kappa shape index (κ3) is 2.54. The lowest BCUT2D eigenvalue weighted by Crippen LogP contribution is -2.09. The Morgan fingerprint density at radius 3 is 2.05 bits per heavy atom. The predicted molar refractivity (Wildman–Crippen MR) is 58.2 cm³/mol. The van der Waals surface area contributed by atoms with Crippen molar-refractivity contribution < 1.29 is 26.3 Å². The SMILES string of the molecule is N#Cc1c(C(F)(F)F)nn(-c2cc(F)c(F)c(F)c2)c1Cl. The maximum Gasteiger partial charge on any atom is 0.436 e. The molecule has 0 aliphatic rings. The van der Waals surface area contributed by atoms with Crippen LogP contribution in [0.25, 0.3) is 5.69 Å². The summed E-state index contributed by atoms with van der Waals surface area (Å²) in [4.78, 5) is 0. The fraction of sp³-hybridized carbons (Fsp3) is 0.0909. The van der Waals surface area contributed by atoms with Gasteiger partial charge in [-0.15, -0.1) is 0 Å². The van der Waals surface area contributed by atoms with Gasteiger partial charge in [-0.3, -0.25) is 0 Å². The number of hydrogen-bond donors (Lipinski definition) is 0.